The molecule has 0 unspecified atom stereocenters. The van der Waals surface area contributed by atoms with Crippen LogP contribution in [0.3, 0.4) is 0 Å². The van der Waals surface area contributed by atoms with Crippen LogP contribution in [-0.2, 0) is 6.54 Å². The standard InChI is InChI=1S/C10H10ClN3/c11-9-4-3-8-5-12-14(10(8)13-9)6-7-1-2-7/h3-5,7H,1-2,6H2. The van der Waals surface area contributed by atoms with Crippen LogP contribution in [-0.4, -0.2) is 14.8 Å². The fraction of sp³-hybridized carbons (Fsp3) is 0.400. The Morgan fingerprint density at radius 1 is 1.43 bits per heavy atom. The van der Waals surface area contributed by atoms with Crippen molar-refractivity contribution in [3.8, 4) is 0 Å². The minimum atomic E-state index is 0.537. The van der Waals surface area contributed by atoms with E-state index in [1.807, 2.05) is 16.9 Å². The summed E-state index contributed by atoms with van der Waals surface area (Å²) >= 11 is 5.85. The normalized spacial score (nSPS) is 16.4. The van der Waals surface area contributed by atoms with Crippen molar-refractivity contribution in [1.82, 2.24) is 14.8 Å². The van der Waals surface area contributed by atoms with Gasteiger partial charge >= 0.3 is 0 Å². The Bertz CT molecular complexity index is 473. The van der Waals surface area contributed by atoms with Crippen LogP contribution in [0.15, 0.2) is 18.3 Å². The summed E-state index contributed by atoms with van der Waals surface area (Å²) in [5, 5.41) is 5.91. The van der Waals surface area contributed by atoms with Crippen molar-refractivity contribution < 1.29 is 0 Å². The Kier molecular flexibility index (Phi) is 1.74. The zero-order valence-electron chi connectivity index (χ0n) is 7.65. The molecule has 72 valence electrons. The average molecular weight is 208 g/mol. The minimum Gasteiger partial charge on any atom is -0.247 e. The molecule has 0 aliphatic heterocycles. The Hall–Kier alpha value is -1.09. The van der Waals surface area contributed by atoms with Gasteiger partial charge in [0.1, 0.15) is 5.15 Å². The molecule has 3 nitrogen and oxygen atoms in total. The molecule has 3 rings (SSSR count). The van der Waals surface area contributed by atoms with Gasteiger partial charge < -0.3 is 0 Å². The van der Waals surface area contributed by atoms with Crippen molar-refractivity contribution in [2.45, 2.75) is 19.4 Å². The van der Waals surface area contributed by atoms with Crippen molar-refractivity contribution >= 4 is 22.6 Å². The second kappa shape index (κ2) is 2.95. The van der Waals surface area contributed by atoms with Crippen molar-refractivity contribution in [2.24, 2.45) is 5.92 Å². The van der Waals surface area contributed by atoms with Gasteiger partial charge in [-0.1, -0.05) is 11.6 Å². The summed E-state index contributed by atoms with van der Waals surface area (Å²) in [6, 6.07) is 3.76. The summed E-state index contributed by atoms with van der Waals surface area (Å²) in [6.07, 6.45) is 4.49. The van der Waals surface area contributed by atoms with Gasteiger partial charge in [-0.3, -0.25) is 0 Å². The van der Waals surface area contributed by atoms with E-state index in [1.165, 1.54) is 12.8 Å². The first-order chi connectivity index (χ1) is 6.83. The van der Waals surface area contributed by atoms with E-state index < -0.39 is 0 Å². The molecule has 4 heteroatoms. The number of hydrogen-bond acceptors (Lipinski definition) is 2. The third-order valence-electron chi connectivity index (χ3n) is 2.58. The Labute approximate surface area is 86.7 Å². The van der Waals surface area contributed by atoms with Crippen LogP contribution < -0.4 is 0 Å². The summed E-state index contributed by atoms with van der Waals surface area (Å²) in [7, 11) is 0. The van der Waals surface area contributed by atoms with Gasteiger partial charge in [0.2, 0.25) is 0 Å². The zero-order chi connectivity index (χ0) is 9.54. The monoisotopic (exact) mass is 207 g/mol. The molecule has 0 radical (unpaired) electrons. The molecule has 2 heterocycles. The van der Waals surface area contributed by atoms with Crippen LogP contribution >= 0.6 is 11.6 Å². The fourth-order valence-electron chi connectivity index (χ4n) is 1.61. The van der Waals surface area contributed by atoms with Crippen LogP contribution in [0.4, 0.5) is 0 Å². The van der Waals surface area contributed by atoms with E-state index in [2.05, 4.69) is 10.1 Å². The lowest BCUT2D eigenvalue weighted by atomic mass is 10.3. The molecule has 1 aliphatic carbocycles. The maximum absolute atomic E-state index is 5.85. The molecule has 14 heavy (non-hydrogen) atoms. The van der Waals surface area contributed by atoms with Gasteiger partial charge in [0.05, 0.1) is 6.20 Å². The Morgan fingerprint density at radius 3 is 3.07 bits per heavy atom. The SMILES string of the molecule is Clc1ccc2cnn(CC3CC3)c2n1. The highest BCUT2D eigenvalue weighted by molar-refractivity contribution is 6.29. The highest BCUT2D eigenvalue weighted by Gasteiger charge is 2.22. The van der Waals surface area contributed by atoms with Gasteiger partial charge in [-0.15, -0.1) is 0 Å². The maximum atomic E-state index is 5.85. The van der Waals surface area contributed by atoms with Gasteiger partial charge in [0, 0.05) is 11.9 Å². The molecule has 2 aromatic heterocycles. The summed E-state index contributed by atoms with van der Waals surface area (Å²) in [4.78, 5) is 4.28. The molecule has 0 aromatic carbocycles. The lowest BCUT2D eigenvalue weighted by Gasteiger charge is -2.00. The van der Waals surface area contributed by atoms with Crippen LogP contribution in [0, 0.1) is 5.92 Å². The summed E-state index contributed by atoms with van der Waals surface area (Å²) in [5.74, 6) is 0.805. The van der Waals surface area contributed by atoms with Crippen LogP contribution in [0.2, 0.25) is 5.15 Å². The molecule has 0 N–H and O–H groups in total. The predicted molar refractivity (Wildman–Crippen MR) is 55.3 cm³/mol. The lowest BCUT2D eigenvalue weighted by Crippen LogP contribution is -2.02. The van der Waals surface area contributed by atoms with E-state index in [0.717, 1.165) is 23.5 Å². The molecular weight excluding hydrogens is 198 g/mol. The minimum absolute atomic E-state index is 0.537. The molecular formula is C10H10ClN3. The number of nitrogens with zero attached hydrogens (tertiary/aromatic N) is 3. The van der Waals surface area contributed by atoms with Crippen LogP contribution in [0.5, 0.6) is 0 Å². The maximum Gasteiger partial charge on any atom is 0.159 e. The smallest absolute Gasteiger partial charge is 0.159 e. The molecule has 0 saturated heterocycles. The van der Waals surface area contributed by atoms with E-state index in [1.54, 1.807) is 6.07 Å². The quantitative estimate of drug-likeness (QED) is 0.709. The third kappa shape index (κ3) is 1.38. The van der Waals surface area contributed by atoms with Gasteiger partial charge in [-0.25, -0.2) is 9.67 Å². The number of pyridine rings is 1. The average Bonchev–Trinajstić information content (AvgIpc) is 2.90. The van der Waals surface area contributed by atoms with E-state index in [-0.39, 0.29) is 0 Å². The molecule has 2 aromatic rings. The number of halogens is 1. The number of hydrogen-bond donors (Lipinski definition) is 0. The van der Waals surface area contributed by atoms with E-state index in [9.17, 15) is 0 Å². The van der Waals surface area contributed by atoms with Crippen molar-refractivity contribution in [3.63, 3.8) is 0 Å². The van der Waals surface area contributed by atoms with Crippen LogP contribution in [0.1, 0.15) is 12.8 Å². The van der Waals surface area contributed by atoms with E-state index in [4.69, 9.17) is 11.6 Å². The largest absolute Gasteiger partial charge is 0.247 e. The number of rotatable bonds is 2. The Morgan fingerprint density at radius 2 is 2.29 bits per heavy atom. The zero-order valence-corrected chi connectivity index (χ0v) is 8.41. The molecule has 1 fully saturated rings. The second-order valence-electron chi connectivity index (χ2n) is 3.82. The van der Waals surface area contributed by atoms with Crippen molar-refractivity contribution in [2.75, 3.05) is 0 Å². The first-order valence-corrected chi connectivity index (χ1v) is 5.19. The highest BCUT2D eigenvalue weighted by Crippen LogP contribution is 2.31. The first-order valence-electron chi connectivity index (χ1n) is 4.81. The van der Waals surface area contributed by atoms with Crippen molar-refractivity contribution in [3.05, 3.63) is 23.5 Å². The van der Waals surface area contributed by atoms with Gasteiger partial charge in [0.15, 0.2) is 5.65 Å². The van der Waals surface area contributed by atoms with E-state index >= 15 is 0 Å². The van der Waals surface area contributed by atoms with Crippen LogP contribution in [0.25, 0.3) is 11.0 Å². The summed E-state index contributed by atoms with van der Waals surface area (Å²) in [6.45, 7) is 0.983. The lowest BCUT2D eigenvalue weighted by molar-refractivity contribution is 0.576. The molecule has 0 spiro atoms. The summed E-state index contributed by atoms with van der Waals surface area (Å²) in [5.41, 5.74) is 0.907. The van der Waals surface area contributed by atoms with Crippen molar-refractivity contribution in [1.29, 1.82) is 0 Å². The first kappa shape index (κ1) is 8.24. The molecule has 0 bridgehead atoms. The topological polar surface area (TPSA) is 30.7 Å². The van der Waals surface area contributed by atoms with Gasteiger partial charge in [0.25, 0.3) is 0 Å². The second-order valence-corrected chi connectivity index (χ2v) is 4.20. The number of fused-ring (bicyclic) bond motifs is 1. The molecule has 0 atom stereocenters. The summed E-state index contributed by atoms with van der Waals surface area (Å²) < 4.78 is 1.96. The predicted octanol–water partition coefficient (Wildman–Crippen LogP) is 2.49. The number of aromatic nitrogens is 3. The van der Waals surface area contributed by atoms with E-state index in [0.29, 0.717) is 5.15 Å². The molecule has 0 amide bonds. The highest BCUT2D eigenvalue weighted by atomic mass is 35.5. The van der Waals surface area contributed by atoms with Gasteiger partial charge in [-0.05, 0) is 30.9 Å². The third-order valence-corrected chi connectivity index (χ3v) is 2.79. The van der Waals surface area contributed by atoms with Gasteiger partial charge in [-0.2, -0.15) is 5.10 Å². The Balaban J connectivity index is 2.08. The molecule has 1 aliphatic rings. The molecule has 1 saturated carbocycles. The fourth-order valence-corrected chi connectivity index (χ4v) is 1.75.